The van der Waals surface area contributed by atoms with E-state index in [2.05, 4.69) is 20.7 Å². The predicted molar refractivity (Wildman–Crippen MR) is 128 cm³/mol. The molecule has 0 spiro atoms. The monoisotopic (exact) mass is 437 g/mol. The average Bonchev–Trinajstić information content (AvgIpc) is 3.29. The number of hydrogen-bond acceptors (Lipinski definition) is 4. The van der Waals surface area contributed by atoms with E-state index < -0.39 is 0 Å². The lowest BCUT2D eigenvalue weighted by atomic mass is 10.0. The SMILES string of the molecule is O=C(/C=C/c1cccc(-c2ccccc2)c1)Nc1ncn(CC(=O)NCc2ccccc2)n1. The quantitative estimate of drug-likeness (QED) is 0.409. The lowest BCUT2D eigenvalue weighted by molar-refractivity contribution is -0.122. The third-order valence-corrected chi connectivity index (χ3v) is 4.83. The molecule has 0 aliphatic heterocycles. The normalized spacial score (nSPS) is 10.8. The van der Waals surface area contributed by atoms with Crippen LogP contribution in [0.2, 0.25) is 0 Å². The molecule has 0 bridgehead atoms. The Morgan fingerprint density at radius 2 is 1.61 bits per heavy atom. The minimum atomic E-state index is -0.355. The third kappa shape index (κ3) is 6.48. The van der Waals surface area contributed by atoms with Crippen molar-refractivity contribution in [1.29, 1.82) is 0 Å². The smallest absolute Gasteiger partial charge is 0.250 e. The molecule has 7 nitrogen and oxygen atoms in total. The highest BCUT2D eigenvalue weighted by atomic mass is 16.2. The van der Waals surface area contributed by atoms with Crippen molar-refractivity contribution in [2.24, 2.45) is 0 Å². The second kappa shape index (κ2) is 10.7. The van der Waals surface area contributed by atoms with E-state index in [9.17, 15) is 9.59 Å². The number of nitrogens with one attached hydrogen (secondary N) is 2. The number of anilines is 1. The molecule has 0 fully saturated rings. The summed E-state index contributed by atoms with van der Waals surface area (Å²) < 4.78 is 1.38. The molecule has 7 heteroatoms. The number of nitrogens with zero attached hydrogens (tertiary/aromatic N) is 3. The second-order valence-electron chi connectivity index (χ2n) is 7.34. The molecular weight excluding hydrogens is 414 g/mol. The van der Waals surface area contributed by atoms with Crippen LogP contribution in [0.4, 0.5) is 5.95 Å². The van der Waals surface area contributed by atoms with Crippen molar-refractivity contribution in [2.75, 3.05) is 5.32 Å². The van der Waals surface area contributed by atoms with E-state index in [1.807, 2.05) is 84.9 Å². The Morgan fingerprint density at radius 1 is 0.879 bits per heavy atom. The second-order valence-corrected chi connectivity index (χ2v) is 7.34. The molecule has 2 amide bonds. The molecule has 0 saturated heterocycles. The van der Waals surface area contributed by atoms with Gasteiger partial charge in [0.15, 0.2) is 0 Å². The van der Waals surface area contributed by atoms with Gasteiger partial charge in [0, 0.05) is 12.6 Å². The van der Waals surface area contributed by atoms with Crippen LogP contribution in [0.5, 0.6) is 0 Å². The molecule has 0 aliphatic rings. The highest BCUT2D eigenvalue weighted by molar-refractivity contribution is 6.00. The number of hydrogen-bond donors (Lipinski definition) is 2. The molecule has 1 aromatic heterocycles. The van der Waals surface area contributed by atoms with E-state index in [4.69, 9.17) is 0 Å². The standard InChI is InChI=1S/C26H23N5O2/c32-24(15-14-20-10-7-13-23(16-20)22-11-5-2-6-12-22)29-26-28-19-31(30-26)18-25(33)27-17-21-8-3-1-4-9-21/h1-16,19H,17-18H2,(H,27,33)(H,29,30,32)/b15-14+. The fraction of sp³-hybridized carbons (Fsp3) is 0.0769. The van der Waals surface area contributed by atoms with Crippen molar-refractivity contribution >= 4 is 23.8 Å². The van der Waals surface area contributed by atoms with Crippen molar-refractivity contribution in [3.05, 3.63) is 108 Å². The molecule has 0 saturated carbocycles. The molecule has 4 aromatic rings. The topological polar surface area (TPSA) is 88.9 Å². The summed E-state index contributed by atoms with van der Waals surface area (Å²) in [7, 11) is 0. The molecule has 3 aromatic carbocycles. The minimum Gasteiger partial charge on any atom is -0.350 e. The highest BCUT2D eigenvalue weighted by Crippen LogP contribution is 2.20. The van der Waals surface area contributed by atoms with Gasteiger partial charge in [-0.1, -0.05) is 78.9 Å². The summed E-state index contributed by atoms with van der Waals surface area (Å²) in [6.07, 6.45) is 4.57. The van der Waals surface area contributed by atoms with Crippen LogP contribution in [0.3, 0.4) is 0 Å². The molecule has 0 unspecified atom stereocenters. The van der Waals surface area contributed by atoms with Gasteiger partial charge in [0.1, 0.15) is 12.9 Å². The first kappa shape index (κ1) is 21.7. The first-order chi connectivity index (χ1) is 16.2. The predicted octanol–water partition coefficient (Wildman–Crippen LogP) is 3.91. The van der Waals surface area contributed by atoms with Gasteiger partial charge in [-0.15, -0.1) is 5.10 Å². The summed E-state index contributed by atoms with van der Waals surface area (Å²) >= 11 is 0. The average molecular weight is 438 g/mol. The van der Waals surface area contributed by atoms with E-state index in [-0.39, 0.29) is 24.3 Å². The van der Waals surface area contributed by atoms with Crippen molar-refractivity contribution in [3.8, 4) is 11.1 Å². The van der Waals surface area contributed by atoms with Crippen LogP contribution >= 0.6 is 0 Å². The van der Waals surface area contributed by atoms with Gasteiger partial charge in [-0.25, -0.2) is 9.67 Å². The van der Waals surface area contributed by atoms with Gasteiger partial charge in [-0.3, -0.25) is 14.9 Å². The van der Waals surface area contributed by atoms with Crippen LogP contribution in [0.15, 0.2) is 97.3 Å². The van der Waals surface area contributed by atoms with Crippen molar-refractivity contribution in [3.63, 3.8) is 0 Å². The number of carbonyl (C=O) groups is 2. The lowest BCUT2D eigenvalue weighted by Crippen LogP contribution is -2.27. The van der Waals surface area contributed by atoms with E-state index in [1.165, 1.54) is 17.1 Å². The molecule has 33 heavy (non-hydrogen) atoms. The van der Waals surface area contributed by atoms with E-state index >= 15 is 0 Å². The zero-order chi connectivity index (χ0) is 22.9. The Kier molecular flexibility index (Phi) is 7.02. The molecule has 0 atom stereocenters. The Balaban J connectivity index is 1.29. The summed E-state index contributed by atoms with van der Waals surface area (Å²) in [5.41, 5.74) is 4.10. The molecule has 1 heterocycles. The van der Waals surface area contributed by atoms with Crippen molar-refractivity contribution in [1.82, 2.24) is 20.1 Å². The van der Waals surface area contributed by atoms with Crippen LogP contribution in [0.1, 0.15) is 11.1 Å². The Bertz CT molecular complexity index is 1250. The molecule has 4 rings (SSSR count). The molecule has 0 aliphatic carbocycles. The van der Waals surface area contributed by atoms with Crippen molar-refractivity contribution < 1.29 is 9.59 Å². The largest absolute Gasteiger partial charge is 0.350 e. The third-order valence-electron chi connectivity index (χ3n) is 4.83. The van der Waals surface area contributed by atoms with Crippen LogP contribution < -0.4 is 10.6 Å². The Morgan fingerprint density at radius 3 is 2.39 bits per heavy atom. The van der Waals surface area contributed by atoms with Crippen LogP contribution in [-0.4, -0.2) is 26.6 Å². The number of carbonyl (C=O) groups excluding carboxylic acids is 2. The van der Waals surface area contributed by atoms with E-state index in [1.54, 1.807) is 6.08 Å². The Labute approximate surface area is 191 Å². The zero-order valence-electron chi connectivity index (χ0n) is 17.9. The number of benzene rings is 3. The van der Waals surface area contributed by atoms with Gasteiger partial charge >= 0.3 is 0 Å². The number of rotatable bonds is 8. The maximum Gasteiger partial charge on any atom is 0.250 e. The van der Waals surface area contributed by atoms with Gasteiger partial charge in [-0.2, -0.15) is 0 Å². The Hall–Kier alpha value is -4.52. The van der Waals surface area contributed by atoms with Crippen LogP contribution in [-0.2, 0) is 22.7 Å². The zero-order valence-corrected chi connectivity index (χ0v) is 17.9. The van der Waals surface area contributed by atoms with Gasteiger partial charge < -0.3 is 5.32 Å². The lowest BCUT2D eigenvalue weighted by Gasteiger charge is -2.05. The summed E-state index contributed by atoms with van der Waals surface area (Å²) in [5, 5.41) is 9.57. The summed E-state index contributed by atoms with van der Waals surface area (Å²) in [6, 6.07) is 27.6. The summed E-state index contributed by atoms with van der Waals surface area (Å²) in [6.45, 7) is 0.450. The van der Waals surface area contributed by atoms with Gasteiger partial charge in [-0.05, 0) is 34.4 Å². The highest BCUT2D eigenvalue weighted by Gasteiger charge is 2.08. The van der Waals surface area contributed by atoms with Gasteiger partial charge in [0.2, 0.25) is 11.9 Å². The van der Waals surface area contributed by atoms with Crippen LogP contribution in [0, 0.1) is 0 Å². The first-order valence-corrected chi connectivity index (χ1v) is 10.5. The van der Waals surface area contributed by atoms with Gasteiger partial charge in [0.25, 0.3) is 5.91 Å². The number of aromatic nitrogens is 3. The maximum absolute atomic E-state index is 12.3. The molecule has 164 valence electrons. The van der Waals surface area contributed by atoms with Gasteiger partial charge in [0.05, 0.1) is 0 Å². The fourth-order valence-corrected chi connectivity index (χ4v) is 3.20. The summed E-state index contributed by atoms with van der Waals surface area (Å²) in [5.74, 6) is -0.412. The molecule has 2 N–H and O–H groups in total. The van der Waals surface area contributed by atoms with Crippen molar-refractivity contribution in [2.45, 2.75) is 13.1 Å². The molecular formula is C26H23N5O2. The van der Waals surface area contributed by atoms with E-state index in [0.29, 0.717) is 6.54 Å². The number of amides is 2. The molecule has 0 radical (unpaired) electrons. The van der Waals surface area contributed by atoms with Crippen LogP contribution in [0.25, 0.3) is 17.2 Å². The maximum atomic E-state index is 12.3. The first-order valence-electron chi connectivity index (χ1n) is 10.5. The summed E-state index contributed by atoms with van der Waals surface area (Å²) in [4.78, 5) is 28.4. The van der Waals surface area contributed by atoms with E-state index in [0.717, 1.165) is 22.3 Å². The minimum absolute atomic E-state index is 0.0117. The fourth-order valence-electron chi connectivity index (χ4n) is 3.20.